The molecular weight excluding hydrogens is 769 g/mol. The van der Waals surface area contributed by atoms with Gasteiger partial charge in [0, 0.05) is 50.7 Å². The Morgan fingerprint density at radius 1 is 1.00 bits per heavy atom. The lowest BCUT2D eigenvalue weighted by molar-refractivity contribution is -0.135. The van der Waals surface area contributed by atoms with Crippen LogP contribution in [0, 0.1) is 6.92 Å². The third-order valence-corrected chi connectivity index (χ3v) is 13.2. The van der Waals surface area contributed by atoms with Crippen molar-refractivity contribution in [2.75, 3.05) is 84.1 Å². The highest BCUT2D eigenvalue weighted by atomic mass is 32.1. The van der Waals surface area contributed by atoms with E-state index in [-0.39, 0.29) is 41.7 Å². The molecule has 7 rings (SSSR count). The van der Waals surface area contributed by atoms with Gasteiger partial charge in [0.15, 0.2) is 12.4 Å². The summed E-state index contributed by atoms with van der Waals surface area (Å²) in [6, 6.07) is 12.5. The number of rotatable bonds is 17. The standard InChI is InChI=1S/C45H62N6O7S/c1-33-47-38(31-59-33)44(55)50-26-29-58-45(32-50)18-23-49(24-19-45)22-15-34-8-10-35(11-9-34)16-27-56-28-17-41(54)51(37-6-4-2-3-5-7-37)25-21-46-20-14-36-12-13-39(52)42-43(36)57-30-40(53)48-42/h8-13,31,37,46,52H,2-7,14-30,32H2,1H3,(H,48,53). The predicted molar refractivity (Wildman–Crippen MR) is 228 cm³/mol. The van der Waals surface area contributed by atoms with E-state index >= 15 is 0 Å². The van der Waals surface area contributed by atoms with Crippen LogP contribution in [0.3, 0.4) is 0 Å². The minimum atomic E-state index is -0.278. The summed E-state index contributed by atoms with van der Waals surface area (Å²) in [5.41, 5.74) is 4.10. The Hall–Kier alpha value is -4.08. The van der Waals surface area contributed by atoms with Gasteiger partial charge in [-0.15, -0.1) is 11.3 Å². The van der Waals surface area contributed by atoms with E-state index in [9.17, 15) is 19.5 Å². The Labute approximate surface area is 352 Å². The summed E-state index contributed by atoms with van der Waals surface area (Å²) in [5, 5.41) is 19.1. The minimum Gasteiger partial charge on any atom is -0.506 e. The second kappa shape index (κ2) is 20.9. The number of piperidine rings is 1. The van der Waals surface area contributed by atoms with E-state index in [1.54, 1.807) is 6.07 Å². The van der Waals surface area contributed by atoms with Gasteiger partial charge in [-0.25, -0.2) is 4.98 Å². The average Bonchev–Trinajstić information content (AvgIpc) is 3.51. The van der Waals surface area contributed by atoms with Crippen molar-refractivity contribution in [3.8, 4) is 11.5 Å². The molecule has 2 saturated heterocycles. The fourth-order valence-corrected chi connectivity index (χ4v) is 9.51. The van der Waals surface area contributed by atoms with Crippen LogP contribution < -0.4 is 15.4 Å². The number of likely N-dealkylation sites (tertiary alicyclic amines) is 1. The van der Waals surface area contributed by atoms with Crippen molar-refractivity contribution in [3.05, 3.63) is 69.2 Å². The number of benzene rings is 2. The normalized spacial score (nSPS) is 18.5. The fraction of sp³-hybridized carbons (Fsp3) is 0.600. The molecule has 3 fully saturated rings. The zero-order valence-corrected chi connectivity index (χ0v) is 35.5. The molecule has 3 aliphatic heterocycles. The van der Waals surface area contributed by atoms with Crippen molar-refractivity contribution in [1.29, 1.82) is 0 Å². The number of hydrogen-bond acceptors (Lipinski definition) is 11. The highest BCUT2D eigenvalue weighted by Crippen LogP contribution is 2.39. The maximum atomic E-state index is 13.6. The van der Waals surface area contributed by atoms with Gasteiger partial charge in [-0.2, -0.15) is 0 Å². The third kappa shape index (κ3) is 11.8. The van der Waals surface area contributed by atoms with Crippen LogP contribution in [-0.2, 0) is 38.3 Å². The summed E-state index contributed by atoms with van der Waals surface area (Å²) < 4.78 is 18.0. The monoisotopic (exact) mass is 830 g/mol. The van der Waals surface area contributed by atoms with E-state index in [2.05, 4.69) is 49.7 Å². The number of nitrogens with zero attached hydrogens (tertiary/aromatic N) is 4. The first-order chi connectivity index (χ1) is 28.7. The van der Waals surface area contributed by atoms with E-state index in [1.807, 2.05) is 23.3 Å². The number of nitrogens with one attached hydrogen (secondary N) is 2. The lowest BCUT2D eigenvalue weighted by atomic mass is 9.89. The summed E-state index contributed by atoms with van der Waals surface area (Å²) in [7, 11) is 0. The molecule has 3 N–H and O–H groups in total. The molecule has 1 aliphatic carbocycles. The van der Waals surface area contributed by atoms with Crippen LogP contribution in [0.25, 0.3) is 0 Å². The molecule has 0 radical (unpaired) electrons. The summed E-state index contributed by atoms with van der Waals surface area (Å²) in [6.45, 7) is 9.65. The van der Waals surface area contributed by atoms with E-state index < -0.39 is 0 Å². The number of fused-ring (bicyclic) bond motifs is 1. The van der Waals surface area contributed by atoms with E-state index in [0.29, 0.717) is 82.5 Å². The molecule has 320 valence electrons. The molecule has 0 atom stereocenters. The first-order valence-electron chi connectivity index (χ1n) is 21.8. The number of anilines is 1. The highest BCUT2D eigenvalue weighted by Gasteiger charge is 2.41. The number of thiazole rings is 1. The highest BCUT2D eigenvalue weighted by molar-refractivity contribution is 7.09. The topological polar surface area (TPSA) is 146 Å². The summed E-state index contributed by atoms with van der Waals surface area (Å²) in [4.78, 5) is 49.3. The number of aromatic nitrogens is 1. The second-order valence-electron chi connectivity index (χ2n) is 16.5. The largest absolute Gasteiger partial charge is 0.506 e. The van der Waals surface area contributed by atoms with E-state index in [0.717, 1.165) is 81.6 Å². The molecule has 0 bridgehead atoms. The number of aryl methyl sites for hydroxylation is 1. The van der Waals surface area contributed by atoms with Crippen LogP contribution in [0.2, 0.25) is 0 Å². The quantitative estimate of drug-likeness (QED) is 0.0923. The molecule has 0 unspecified atom stereocenters. The summed E-state index contributed by atoms with van der Waals surface area (Å²) in [6.07, 6.45) is 11.6. The lowest BCUT2D eigenvalue weighted by Gasteiger charge is -2.47. The van der Waals surface area contributed by atoms with Gasteiger partial charge >= 0.3 is 0 Å². The molecule has 1 saturated carbocycles. The van der Waals surface area contributed by atoms with Crippen LogP contribution in [0.15, 0.2) is 41.8 Å². The zero-order valence-electron chi connectivity index (χ0n) is 34.7. The number of hydrogen-bond donors (Lipinski definition) is 3. The molecule has 4 heterocycles. The van der Waals surface area contributed by atoms with Crippen molar-refractivity contribution in [2.45, 2.75) is 95.6 Å². The number of ether oxygens (including phenoxy) is 3. The van der Waals surface area contributed by atoms with Crippen molar-refractivity contribution >= 4 is 34.7 Å². The Balaban J connectivity index is 0.786. The van der Waals surface area contributed by atoms with Gasteiger partial charge in [-0.1, -0.05) is 56.0 Å². The number of phenols is 1. The second-order valence-corrected chi connectivity index (χ2v) is 17.6. The number of aromatic hydroxyl groups is 1. The van der Waals surface area contributed by atoms with Crippen molar-refractivity contribution < 1.29 is 33.7 Å². The van der Waals surface area contributed by atoms with Crippen LogP contribution in [0.5, 0.6) is 11.5 Å². The third-order valence-electron chi connectivity index (χ3n) is 12.4. The number of phenolic OH excluding ortho intramolecular Hbond substituents is 1. The predicted octanol–water partition coefficient (Wildman–Crippen LogP) is 5.37. The molecule has 13 nitrogen and oxygen atoms in total. The van der Waals surface area contributed by atoms with Crippen LogP contribution in [0.1, 0.15) is 90.0 Å². The minimum absolute atomic E-state index is 0.00189. The Morgan fingerprint density at radius 2 is 1.76 bits per heavy atom. The SMILES string of the molecule is Cc1nc(C(=O)N2CCOC3(CCN(CCc4ccc(CCOCCC(=O)N(CCNCCc5ccc(O)c6c5OCC(=O)N6)C5CCCCCC5)cc4)CC3)C2)cs1. The molecular formula is C45H62N6O7S. The van der Waals surface area contributed by atoms with Crippen molar-refractivity contribution in [3.63, 3.8) is 0 Å². The number of carbonyl (C=O) groups excluding carboxylic acids is 3. The molecule has 1 spiro atoms. The van der Waals surface area contributed by atoms with Gasteiger partial charge in [-0.05, 0) is 81.2 Å². The smallest absolute Gasteiger partial charge is 0.273 e. The van der Waals surface area contributed by atoms with Crippen molar-refractivity contribution in [1.82, 2.24) is 25.0 Å². The maximum Gasteiger partial charge on any atom is 0.273 e. The molecule has 59 heavy (non-hydrogen) atoms. The zero-order chi connectivity index (χ0) is 41.0. The van der Waals surface area contributed by atoms with Gasteiger partial charge in [0.25, 0.3) is 11.8 Å². The van der Waals surface area contributed by atoms with Crippen molar-refractivity contribution in [2.24, 2.45) is 0 Å². The summed E-state index contributed by atoms with van der Waals surface area (Å²) >= 11 is 1.52. The summed E-state index contributed by atoms with van der Waals surface area (Å²) in [5.74, 6) is 0.429. The number of carbonyl (C=O) groups is 3. The Morgan fingerprint density at radius 3 is 2.51 bits per heavy atom. The van der Waals surface area contributed by atoms with Crippen LogP contribution in [-0.4, -0.2) is 133 Å². The maximum absolute atomic E-state index is 13.6. The van der Waals surface area contributed by atoms with Gasteiger partial charge in [0.05, 0.1) is 43.4 Å². The number of amides is 3. The van der Waals surface area contributed by atoms with E-state index in [4.69, 9.17) is 14.2 Å². The molecule has 1 aromatic heterocycles. The number of morpholine rings is 1. The molecule has 4 aliphatic rings. The van der Waals surface area contributed by atoms with Crippen LogP contribution >= 0.6 is 11.3 Å². The average molecular weight is 831 g/mol. The van der Waals surface area contributed by atoms with Crippen LogP contribution in [0.4, 0.5) is 5.69 Å². The van der Waals surface area contributed by atoms with Gasteiger partial charge in [-0.3, -0.25) is 14.4 Å². The van der Waals surface area contributed by atoms with Gasteiger partial charge in [0.2, 0.25) is 5.91 Å². The molecule has 2 aromatic carbocycles. The lowest BCUT2D eigenvalue weighted by Crippen LogP contribution is -2.58. The van der Waals surface area contributed by atoms with Gasteiger partial charge in [0.1, 0.15) is 17.1 Å². The van der Waals surface area contributed by atoms with Gasteiger partial charge < -0.3 is 44.7 Å². The fourth-order valence-electron chi connectivity index (χ4n) is 8.92. The molecule has 14 heteroatoms. The molecule has 3 amide bonds. The first kappa shape index (κ1) is 43.0. The Bertz CT molecular complexity index is 1860. The Kier molecular flexibility index (Phi) is 15.3. The first-order valence-corrected chi connectivity index (χ1v) is 22.6. The molecule has 3 aromatic rings. The van der Waals surface area contributed by atoms with E-state index in [1.165, 1.54) is 35.3 Å².